The molecule has 2 aromatic carbocycles. The summed E-state index contributed by atoms with van der Waals surface area (Å²) in [6.45, 7) is 2.54. The maximum atomic E-state index is 13.0. The number of unbranched alkanes of at least 4 members (excludes halogenated alkanes) is 15. The van der Waals surface area contributed by atoms with Crippen LogP contribution in [0.5, 0.6) is 5.75 Å². The van der Waals surface area contributed by atoms with Crippen molar-refractivity contribution in [1.82, 2.24) is 0 Å². The van der Waals surface area contributed by atoms with Gasteiger partial charge in [0.15, 0.2) is 6.10 Å². The van der Waals surface area contributed by atoms with Crippen LogP contribution in [-0.4, -0.2) is 44.5 Å². The van der Waals surface area contributed by atoms with E-state index >= 15 is 0 Å². The molecule has 0 aromatic heterocycles. The van der Waals surface area contributed by atoms with Crippen molar-refractivity contribution in [3.05, 3.63) is 54.1 Å². The molecule has 0 saturated carbocycles. The first-order valence-electron chi connectivity index (χ1n) is 15.9. The number of para-hydroxylation sites is 1. The Morgan fingerprint density at radius 2 is 1.28 bits per heavy atom. The molecule has 240 valence electrons. The third-order valence-corrected chi connectivity index (χ3v) is 8.39. The molecule has 0 aliphatic carbocycles. The number of nitrogens with one attached hydrogen (secondary N) is 1. The molecule has 0 aliphatic rings. The molecular weight excluding hydrogens is 566 g/mol. The van der Waals surface area contributed by atoms with Crippen molar-refractivity contribution in [2.45, 2.75) is 121 Å². The quantitative estimate of drug-likeness (QED) is 0.0525. The minimum Gasteiger partial charge on any atom is -0.492 e. The van der Waals surface area contributed by atoms with Gasteiger partial charge in [0.25, 0.3) is 16.0 Å². The SMILES string of the molecule is CCCCCCCCCCCCCCCCCCOc1ccc(C(=O)C(OC)C(=O)Nc2ccccc2)cc1S(=O)(=O)O. The highest BCUT2D eigenvalue weighted by Gasteiger charge is 2.29. The molecule has 8 nitrogen and oxygen atoms in total. The lowest BCUT2D eigenvalue weighted by molar-refractivity contribution is -0.123. The second kappa shape index (κ2) is 21.0. The van der Waals surface area contributed by atoms with Crippen molar-refractivity contribution < 1.29 is 32.0 Å². The Bertz CT molecular complexity index is 1180. The molecule has 1 unspecified atom stereocenters. The fourth-order valence-corrected chi connectivity index (χ4v) is 5.69. The zero-order valence-corrected chi connectivity index (χ0v) is 26.8. The van der Waals surface area contributed by atoms with E-state index in [0.717, 1.165) is 25.3 Å². The molecule has 2 N–H and O–H groups in total. The van der Waals surface area contributed by atoms with Gasteiger partial charge in [0, 0.05) is 18.4 Å². The van der Waals surface area contributed by atoms with E-state index in [1.165, 1.54) is 103 Å². The number of ether oxygens (including phenoxy) is 2. The highest BCUT2D eigenvalue weighted by Crippen LogP contribution is 2.27. The number of methoxy groups -OCH3 is 1. The summed E-state index contributed by atoms with van der Waals surface area (Å²) in [7, 11) is -3.47. The summed E-state index contributed by atoms with van der Waals surface area (Å²) in [5.41, 5.74) is 0.385. The highest BCUT2D eigenvalue weighted by molar-refractivity contribution is 7.86. The molecule has 0 bridgehead atoms. The number of benzene rings is 2. The molecule has 0 fully saturated rings. The molecule has 0 radical (unpaired) electrons. The van der Waals surface area contributed by atoms with Crippen LogP contribution in [0.4, 0.5) is 5.69 Å². The Labute approximate surface area is 258 Å². The fraction of sp³-hybridized carbons (Fsp3) is 0.588. The monoisotopic (exact) mass is 617 g/mol. The minimum atomic E-state index is -4.68. The van der Waals surface area contributed by atoms with Crippen molar-refractivity contribution in [2.24, 2.45) is 0 Å². The van der Waals surface area contributed by atoms with Crippen LogP contribution in [0.15, 0.2) is 53.4 Å². The van der Waals surface area contributed by atoms with E-state index in [1.807, 2.05) is 0 Å². The van der Waals surface area contributed by atoms with Gasteiger partial charge < -0.3 is 14.8 Å². The summed E-state index contributed by atoms with van der Waals surface area (Å²) >= 11 is 0. The summed E-state index contributed by atoms with van der Waals surface area (Å²) in [6, 6.07) is 12.3. The third-order valence-electron chi connectivity index (χ3n) is 7.51. The molecule has 1 amide bonds. The number of rotatable bonds is 24. The maximum Gasteiger partial charge on any atom is 0.298 e. The van der Waals surface area contributed by atoms with Crippen molar-refractivity contribution in [2.75, 3.05) is 19.0 Å². The second-order valence-corrected chi connectivity index (χ2v) is 12.5. The van der Waals surface area contributed by atoms with Gasteiger partial charge in [-0.15, -0.1) is 0 Å². The Morgan fingerprint density at radius 3 is 1.77 bits per heavy atom. The fourth-order valence-electron chi connectivity index (χ4n) is 5.03. The van der Waals surface area contributed by atoms with Gasteiger partial charge in [0.2, 0.25) is 5.78 Å². The van der Waals surface area contributed by atoms with Gasteiger partial charge in [0.05, 0.1) is 6.61 Å². The molecule has 9 heteroatoms. The van der Waals surface area contributed by atoms with Crippen molar-refractivity contribution in [3.8, 4) is 5.75 Å². The highest BCUT2D eigenvalue weighted by atomic mass is 32.2. The van der Waals surface area contributed by atoms with E-state index in [-0.39, 0.29) is 17.9 Å². The molecule has 0 spiro atoms. The zero-order chi connectivity index (χ0) is 31.3. The number of hydrogen-bond donors (Lipinski definition) is 2. The Kier molecular flexibility index (Phi) is 17.8. The van der Waals surface area contributed by atoms with Crippen LogP contribution in [0, 0.1) is 0 Å². The van der Waals surface area contributed by atoms with Gasteiger partial charge in [-0.1, -0.05) is 121 Å². The van der Waals surface area contributed by atoms with E-state index in [2.05, 4.69) is 12.2 Å². The average molecular weight is 618 g/mol. The lowest BCUT2D eigenvalue weighted by Crippen LogP contribution is -2.36. The summed E-state index contributed by atoms with van der Waals surface area (Å²) in [5.74, 6) is -1.48. The van der Waals surface area contributed by atoms with Gasteiger partial charge >= 0.3 is 0 Å². The predicted molar refractivity (Wildman–Crippen MR) is 171 cm³/mol. The van der Waals surface area contributed by atoms with E-state index < -0.39 is 32.8 Å². The van der Waals surface area contributed by atoms with Gasteiger partial charge in [-0.3, -0.25) is 14.1 Å². The van der Waals surface area contributed by atoms with E-state index in [4.69, 9.17) is 9.47 Å². The first-order chi connectivity index (χ1) is 20.8. The Hall–Kier alpha value is -2.75. The van der Waals surface area contributed by atoms with Gasteiger partial charge in [-0.25, -0.2) is 0 Å². The summed E-state index contributed by atoms with van der Waals surface area (Å²) in [5, 5.41) is 2.60. The van der Waals surface area contributed by atoms with Crippen LogP contribution in [0.2, 0.25) is 0 Å². The predicted octanol–water partition coefficient (Wildman–Crippen LogP) is 8.41. The zero-order valence-electron chi connectivity index (χ0n) is 26.0. The molecule has 0 aliphatic heterocycles. The Morgan fingerprint density at radius 1 is 0.767 bits per heavy atom. The maximum absolute atomic E-state index is 13.0. The molecule has 0 saturated heterocycles. The molecule has 2 rings (SSSR count). The third kappa shape index (κ3) is 14.5. The topological polar surface area (TPSA) is 119 Å². The molecular formula is C34H51NO7S. The van der Waals surface area contributed by atoms with E-state index in [1.54, 1.807) is 30.3 Å². The molecule has 2 aromatic rings. The number of carbonyl (C=O) groups excluding carboxylic acids is 2. The number of anilines is 1. The lowest BCUT2D eigenvalue weighted by atomic mass is 10.0. The van der Waals surface area contributed by atoms with Crippen molar-refractivity contribution in [1.29, 1.82) is 0 Å². The summed E-state index contributed by atoms with van der Waals surface area (Å²) in [6.07, 6.45) is 18.5. The second-order valence-electron chi connectivity index (χ2n) is 11.1. The van der Waals surface area contributed by atoms with E-state index in [9.17, 15) is 22.6 Å². The van der Waals surface area contributed by atoms with Crippen LogP contribution < -0.4 is 10.1 Å². The number of hydrogen-bond acceptors (Lipinski definition) is 6. The first-order valence-corrected chi connectivity index (χ1v) is 17.4. The van der Waals surface area contributed by atoms with Crippen molar-refractivity contribution in [3.63, 3.8) is 0 Å². The van der Waals surface area contributed by atoms with Gasteiger partial charge in [0.1, 0.15) is 10.6 Å². The van der Waals surface area contributed by atoms with Crippen LogP contribution in [0.3, 0.4) is 0 Å². The summed E-state index contributed by atoms with van der Waals surface area (Å²) < 4.78 is 44.7. The first kappa shape index (κ1) is 36.4. The largest absolute Gasteiger partial charge is 0.492 e. The standard InChI is InChI=1S/C34H51NO7S/c1-3-4-5-6-7-8-9-10-11-12-13-14-15-16-17-21-26-42-30-25-24-28(27-31(30)43(38,39)40)32(36)33(41-2)34(37)35-29-22-19-18-20-23-29/h18-20,22-25,27,33H,3-17,21,26H2,1-2H3,(H,35,37)(H,38,39,40). The number of amides is 1. The average Bonchev–Trinajstić information content (AvgIpc) is 2.99. The van der Waals surface area contributed by atoms with Crippen molar-refractivity contribution >= 4 is 27.5 Å². The number of Topliss-reactive ketones (excluding diaryl/α,β-unsaturated/α-hetero) is 1. The normalized spacial score (nSPS) is 12.2. The van der Waals surface area contributed by atoms with Crippen LogP contribution in [0.1, 0.15) is 120 Å². The number of carbonyl (C=O) groups is 2. The van der Waals surface area contributed by atoms with Gasteiger partial charge in [-0.05, 0) is 36.8 Å². The molecule has 1 atom stereocenters. The van der Waals surface area contributed by atoms with Crippen LogP contribution in [0.25, 0.3) is 0 Å². The summed E-state index contributed by atoms with van der Waals surface area (Å²) in [4.78, 5) is 25.1. The number of ketones is 1. The lowest BCUT2D eigenvalue weighted by Gasteiger charge is -2.16. The smallest absolute Gasteiger partial charge is 0.298 e. The van der Waals surface area contributed by atoms with Gasteiger partial charge in [-0.2, -0.15) is 8.42 Å². The Balaban J connectivity index is 1.71. The van der Waals surface area contributed by atoms with Crippen LogP contribution in [-0.2, 0) is 19.6 Å². The van der Waals surface area contributed by atoms with Crippen LogP contribution >= 0.6 is 0 Å². The van der Waals surface area contributed by atoms with E-state index in [0.29, 0.717) is 5.69 Å². The molecule has 0 heterocycles. The minimum absolute atomic E-state index is 0.0392. The molecule has 43 heavy (non-hydrogen) atoms.